The molecule has 1 aliphatic rings. The molecule has 0 radical (unpaired) electrons. The Morgan fingerprint density at radius 2 is 2.16 bits per heavy atom. The van der Waals surface area contributed by atoms with Gasteiger partial charge >= 0.3 is 0 Å². The number of likely N-dealkylation sites (N-methyl/N-ethyl adjacent to an activating group) is 1. The average molecular weight is 262 g/mol. The predicted octanol–water partition coefficient (Wildman–Crippen LogP) is 2.50. The number of rotatable bonds is 5. The van der Waals surface area contributed by atoms with E-state index >= 15 is 0 Å². The number of nitrogens with zero attached hydrogens (tertiary/aromatic N) is 1. The lowest BCUT2D eigenvalue weighted by Crippen LogP contribution is -2.38. The third-order valence-corrected chi connectivity index (χ3v) is 4.07. The summed E-state index contributed by atoms with van der Waals surface area (Å²) in [5, 5.41) is 0. The van der Waals surface area contributed by atoms with Crippen molar-refractivity contribution in [3.63, 3.8) is 0 Å². The van der Waals surface area contributed by atoms with E-state index in [1.54, 1.807) is 0 Å². The molecule has 2 unspecified atom stereocenters. The minimum atomic E-state index is 0.284. The van der Waals surface area contributed by atoms with Crippen LogP contribution in [-0.2, 0) is 4.74 Å². The summed E-state index contributed by atoms with van der Waals surface area (Å²) in [6.45, 7) is 4.68. The van der Waals surface area contributed by atoms with Crippen LogP contribution < -0.4 is 5.73 Å². The van der Waals surface area contributed by atoms with E-state index in [0.29, 0.717) is 12.6 Å². The van der Waals surface area contributed by atoms with E-state index in [2.05, 4.69) is 43.1 Å². The molecular formula is C16H26N2O. The van der Waals surface area contributed by atoms with Crippen LogP contribution in [0.5, 0.6) is 0 Å². The number of benzene rings is 1. The zero-order valence-corrected chi connectivity index (χ0v) is 12.1. The fourth-order valence-corrected chi connectivity index (χ4v) is 2.90. The Morgan fingerprint density at radius 1 is 1.37 bits per heavy atom. The smallest absolute Gasteiger partial charge is 0.0702 e. The molecule has 1 saturated heterocycles. The van der Waals surface area contributed by atoms with E-state index < -0.39 is 0 Å². The quantitative estimate of drug-likeness (QED) is 0.886. The van der Waals surface area contributed by atoms with E-state index in [4.69, 9.17) is 10.5 Å². The van der Waals surface area contributed by atoms with Gasteiger partial charge in [0.1, 0.15) is 0 Å². The van der Waals surface area contributed by atoms with Gasteiger partial charge < -0.3 is 10.5 Å². The van der Waals surface area contributed by atoms with Gasteiger partial charge in [-0.2, -0.15) is 0 Å². The maximum Gasteiger partial charge on any atom is 0.0702 e. The second kappa shape index (κ2) is 7.04. The summed E-state index contributed by atoms with van der Waals surface area (Å²) in [6, 6.07) is 8.80. The molecule has 2 rings (SSSR count). The first-order valence-corrected chi connectivity index (χ1v) is 7.30. The van der Waals surface area contributed by atoms with Gasteiger partial charge in [0.2, 0.25) is 0 Å². The van der Waals surface area contributed by atoms with Crippen LogP contribution in [0, 0.1) is 6.92 Å². The second-order valence-corrected chi connectivity index (χ2v) is 5.54. The van der Waals surface area contributed by atoms with Gasteiger partial charge in [-0.1, -0.05) is 24.3 Å². The Balaban J connectivity index is 2.02. The van der Waals surface area contributed by atoms with Crippen molar-refractivity contribution in [2.24, 2.45) is 5.73 Å². The van der Waals surface area contributed by atoms with Crippen molar-refractivity contribution in [2.75, 3.05) is 26.7 Å². The number of hydrogen-bond acceptors (Lipinski definition) is 3. The molecule has 0 amide bonds. The topological polar surface area (TPSA) is 38.5 Å². The number of aryl methyl sites for hydroxylation is 1. The maximum atomic E-state index is 6.00. The van der Waals surface area contributed by atoms with Crippen molar-refractivity contribution >= 4 is 0 Å². The second-order valence-electron chi connectivity index (χ2n) is 5.54. The number of nitrogens with two attached hydrogens (primary N) is 1. The van der Waals surface area contributed by atoms with E-state index in [9.17, 15) is 0 Å². The van der Waals surface area contributed by atoms with Crippen LogP contribution in [-0.4, -0.2) is 37.7 Å². The molecular weight excluding hydrogens is 236 g/mol. The first kappa shape index (κ1) is 14.5. The Bertz CT molecular complexity index is 388. The fraction of sp³-hybridized carbons (Fsp3) is 0.625. The molecule has 19 heavy (non-hydrogen) atoms. The van der Waals surface area contributed by atoms with Crippen molar-refractivity contribution in [1.82, 2.24) is 4.90 Å². The van der Waals surface area contributed by atoms with Gasteiger partial charge in [0.25, 0.3) is 0 Å². The minimum Gasteiger partial charge on any atom is -0.377 e. The molecule has 0 saturated carbocycles. The monoisotopic (exact) mass is 262 g/mol. The van der Waals surface area contributed by atoms with E-state index in [1.165, 1.54) is 30.4 Å². The van der Waals surface area contributed by atoms with Gasteiger partial charge in [-0.05, 0) is 44.4 Å². The molecule has 0 bridgehead atoms. The number of hydrogen-bond donors (Lipinski definition) is 1. The third kappa shape index (κ3) is 3.78. The third-order valence-electron chi connectivity index (χ3n) is 4.07. The van der Waals surface area contributed by atoms with Crippen LogP contribution in [0.25, 0.3) is 0 Å². The molecule has 1 aliphatic heterocycles. The molecule has 3 nitrogen and oxygen atoms in total. The van der Waals surface area contributed by atoms with Gasteiger partial charge in [0.15, 0.2) is 0 Å². The molecule has 1 aromatic carbocycles. The summed E-state index contributed by atoms with van der Waals surface area (Å²) in [6.07, 6.45) is 4.04. The van der Waals surface area contributed by atoms with Gasteiger partial charge in [0.05, 0.1) is 6.10 Å². The van der Waals surface area contributed by atoms with Crippen molar-refractivity contribution < 1.29 is 4.74 Å². The van der Waals surface area contributed by atoms with Crippen molar-refractivity contribution in [1.29, 1.82) is 0 Å². The van der Waals surface area contributed by atoms with Crippen LogP contribution in [0.3, 0.4) is 0 Å². The van der Waals surface area contributed by atoms with Gasteiger partial charge in [0, 0.05) is 25.7 Å². The molecule has 1 fully saturated rings. The SMILES string of the molecule is Cc1ccccc1C(CN)N(C)CC1CCCCO1. The highest BCUT2D eigenvalue weighted by atomic mass is 16.5. The Morgan fingerprint density at radius 3 is 2.79 bits per heavy atom. The molecule has 3 heteroatoms. The van der Waals surface area contributed by atoms with E-state index in [0.717, 1.165) is 13.2 Å². The van der Waals surface area contributed by atoms with Gasteiger partial charge in [-0.3, -0.25) is 4.90 Å². The molecule has 0 spiro atoms. The Labute approximate surface area is 116 Å². The van der Waals surface area contributed by atoms with Gasteiger partial charge in [-0.25, -0.2) is 0 Å². The first-order chi connectivity index (χ1) is 9.22. The fourth-order valence-electron chi connectivity index (χ4n) is 2.90. The minimum absolute atomic E-state index is 0.284. The molecule has 0 aliphatic carbocycles. The van der Waals surface area contributed by atoms with Crippen LogP contribution in [0.4, 0.5) is 0 Å². The van der Waals surface area contributed by atoms with Crippen LogP contribution in [0.2, 0.25) is 0 Å². The normalized spacial score (nSPS) is 21.6. The van der Waals surface area contributed by atoms with Crippen molar-refractivity contribution in [3.8, 4) is 0 Å². The molecule has 1 heterocycles. The molecule has 2 N–H and O–H groups in total. The van der Waals surface area contributed by atoms with Crippen molar-refractivity contribution in [2.45, 2.75) is 38.3 Å². The molecule has 106 valence electrons. The van der Waals surface area contributed by atoms with Gasteiger partial charge in [-0.15, -0.1) is 0 Å². The number of ether oxygens (including phenoxy) is 1. The Hall–Kier alpha value is -0.900. The van der Waals surface area contributed by atoms with Crippen LogP contribution in [0.15, 0.2) is 24.3 Å². The summed E-state index contributed by atoms with van der Waals surface area (Å²) in [7, 11) is 2.15. The van der Waals surface area contributed by atoms with Crippen LogP contribution in [0.1, 0.15) is 36.4 Å². The summed E-state index contributed by atoms with van der Waals surface area (Å²) >= 11 is 0. The zero-order valence-electron chi connectivity index (χ0n) is 12.1. The standard InChI is InChI=1S/C16H26N2O/c1-13-7-3-4-9-15(13)16(11-17)18(2)12-14-8-5-6-10-19-14/h3-4,7,9,14,16H,5-6,8,10-12,17H2,1-2H3. The highest BCUT2D eigenvalue weighted by Gasteiger charge is 2.22. The van der Waals surface area contributed by atoms with E-state index in [1.807, 2.05) is 0 Å². The molecule has 1 aromatic rings. The maximum absolute atomic E-state index is 6.00. The Kier molecular flexibility index (Phi) is 5.37. The molecule has 2 atom stereocenters. The zero-order chi connectivity index (χ0) is 13.7. The average Bonchev–Trinajstić information content (AvgIpc) is 2.43. The molecule has 0 aromatic heterocycles. The lowest BCUT2D eigenvalue weighted by molar-refractivity contribution is -0.00781. The largest absolute Gasteiger partial charge is 0.377 e. The highest BCUT2D eigenvalue weighted by molar-refractivity contribution is 5.29. The summed E-state index contributed by atoms with van der Waals surface area (Å²) in [5.74, 6) is 0. The highest BCUT2D eigenvalue weighted by Crippen LogP contribution is 2.23. The summed E-state index contributed by atoms with van der Waals surface area (Å²) in [4.78, 5) is 2.35. The summed E-state index contributed by atoms with van der Waals surface area (Å²) in [5.41, 5.74) is 8.65. The lowest BCUT2D eigenvalue weighted by Gasteiger charge is -2.33. The predicted molar refractivity (Wildman–Crippen MR) is 79.2 cm³/mol. The van der Waals surface area contributed by atoms with Crippen molar-refractivity contribution in [3.05, 3.63) is 35.4 Å². The van der Waals surface area contributed by atoms with E-state index in [-0.39, 0.29) is 6.04 Å². The summed E-state index contributed by atoms with van der Waals surface area (Å²) < 4.78 is 5.83. The van der Waals surface area contributed by atoms with Crippen LogP contribution >= 0.6 is 0 Å². The lowest BCUT2D eigenvalue weighted by atomic mass is 9.99. The first-order valence-electron chi connectivity index (χ1n) is 7.30.